The summed E-state index contributed by atoms with van der Waals surface area (Å²) in [4.78, 5) is 10.7. The van der Waals surface area contributed by atoms with Gasteiger partial charge in [0, 0.05) is 6.07 Å². The summed E-state index contributed by atoms with van der Waals surface area (Å²) in [5, 5.41) is 12.2. The lowest BCUT2D eigenvalue weighted by molar-refractivity contribution is 0.0685. The van der Waals surface area contributed by atoms with Crippen LogP contribution in [0.5, 0.6) is 11.5 Å². The van der Waals surface area contributed by atoms with Gasteiger partial charge in [-0.05, 0) is 23.8 Å². The third-order valence-corrected chi connectivity index (χ3v) is 2.60. The van der Waals surface area contributed by atoms with Gasteiger partial charge in [0.1, 0.15) is 0 Å². The number of carboxylic acid groups (broad SMARTS) is 1. The van der Waals surface area contributed by atoms with E-state index in [0.717, 1.165) is 5.56 Å². The summed E-state index contributed by atoms with van der Waals surface area (Å²) < 4.78 is 15.2. The van der Waals surface area contributed by atoms with Crippen LogP contribution in [-0.4, -0.2) is 30.5 Å². The van der Waals surface area contributed by atoms with Crippen molar-refractivity contribution >= 4 is 18.1 Å². The molecule has 104 valence electrons. The second-order valence-electron chi connectivity index (χ2n) is 3.87. The first kappa shape index (κ1) is 13.7. The molecule has 0 atom stereocenters. The summed E-state index contributed by atoms with van der Waals surface area (Å²) in [6.45, 7) is 0. The van der Waals surface area contributed by atoms with Crippen LogP contribution in [0.15, 0.2) is 28.8 Å². The molecule has 20 heavy (non-hydrogen) atoms. The molecule has 6 nitrogen and oxygen atoms in total. The van der Waals surface area contributed by atoms with Gasteiger partial charge in [-0.1, -0.05) is 17.3 Å². The van der Waals surface area contributed by atoms with Gasteiger partial charge in [0.25, 0.3) is 0 Å². The maximum atomic E-state index is 10.7. The lowest BCUT2D eigenvalue weighted by Crippen LogP contribution is -1.94. The second kappa shape index (κ2) is 5.92. The van der Waals surface area contributed by atoms with Gasteiger partial charge in [0.05, 0.1) is 14.2 Å². The van der Waals surface area contributed by atoms with Gasteiger partial charge in [0.15, 0.2) is 23.0 Å². The minimum atomic E-state index is -1.13. The summed E-state index contributed by atoms with van der Waals surface area (Å²) in [6.07, 6.45) is 3.38. The van der Waals surface area contributed by atoms with Gasteiger partial charge in [-0.3, -0.25) is 0 Å². The Kier molecular flexibility index (Phi) is 4.05. The Labute approximate surface area is 115 Å². The van der Waals surface area contributed by atoms with Crippen LogP contribution in [0.1, 0.15) is 21.8 Å². The molecule has 0 bridgehead atoms. The molecule has 0 spiro atoms. The predicted octanol–water partition coefficient (Wildman–Crippen LogP) is 2.56. The van der Waals surface area contributed by atoms with Gasteiger partial charge in [-0.25, -0.2) is 4.79 Å². The Morgan fingerprint density at radius 3 is 2.55 bits per heavy atom. The van der Waals surface area contributed by atoms with Crippen molar-refractivity contribution in [3.05, 3.63) is 41.3 Å². The van der Waals surface area contributed by atoms with Crippen molar-refractivity contribution in [1.82, 2.24) is 5.16 Å². The van der Waals surface area contributed by atoms with Crippen molar-refractivity contribution in [1.29, 1.82) is 0 Å². The Morgan fingerprint density at radius 1 is 1.20 bits per heavy atom. The molecule has 1 aromatic heterocycles. The first-order valence-electron chi connectivity index (χ1n) is 5.74. The number of carboxylic acids is 1. The van der Waals surface area contributed by atoms with Gasteiger partial charge in [-0.2, -0.15) is 0 Å². The maximum Gasteiger partial charge on any atom is 0.358 e. The van der Waals surface area contributed by atoms with E-state index in [1.807, 2.05) is 6.07 Å². The van der Waals surface area contributed by atoms with Crippen LogP contribution in [0.3, 0.4) is 0 Å². The van der Waals surface area contributed by atoms with Crippen LogP contribution in [0.4, 0.5) is 0 Å². The zero-order chi connectivity index (χ0) is 14.5. The zero-order valence-corrected chi connectivity index (χ0v) is 11.0. The lowest BCUT2D eigenvalue weighted by atomic mass is 10.2. The van der Waals surface area contributed by atoms with Crippen molar-refractivity contribution in [2.75, 3.05) is 14.2 Å². The highest BCUT2D eigenvalue weighted by molar-refractivity contribution is 5.86. The van der Waals surface area contributed by atoms with E-state index in [0.29, 0.717) is 17.3 Å². The van der Waals surface area contributed by atoms with E-state index in [1.165, 1.54) is 6.07 Å². The van der Waals surface area contributed by atoms with E-state index in [4.69, 9.17) is 19.1 Å². The van der Waals surface area contributed by atoms with Crippen LogP contribution in [0, 0.1) is 0 Å². The van der Waals surface area contributed by atoms with Crippen molar-refractivity contribution < 1.29 is 23.9 Å². The Hall–Kier alpha value is -2.76. The van der Waals surface area contributed by atoms with E-state index < -0.39 is 5.97 Å². The van der Waals surface area contributed by atoms with Crippen LogP contribution in [-0.2, 0) is 0 Å². The topological polar surface area (TPSA) is 81.8 Å². The molecule has 0 aliphatic carbocycles. The average molecular weight is 275 g/mol. The SMILES string of the molecule is COc1ccc(/C=C/c2cc(C(=O)O)no2)cc1OC. The number of hydrogen-bond acceptors (Lipinski definition) is 5. The van der Waals surface area contributed by atoms with E-state index in [1.54, 1.807) is 38.5 Å². The second-order valence-corrected chi connectivity index (χ2v) is 3.87. The Morgan fingerprint density at radius 2 is 1.95 bits per heavy atom. The molecule has 2 rings (SSSR count). The smallest absolute Gasteiger partial charge is 0.358 e. The Balaban J connectivity index is 2.20. The highest BCUT2D eigenvalue weighted by Gasteiger charge is 2.08. The summed E-state index contributed by atoms with van der Waals surface area (Å²) >= 11 is 0. The normalized spacial score (nSPS) is 10.7. The van der Waals surface area contributed by atoms with E-state index in [2.05, 4.69) is 5.16 Å². The van der Waals surface area contributed by atoms with Gasteiger partial charge < -0.3 is 19.1 Å². The molecule has 0 saturated carbocycles. The fourth-order valence-electron chi connectivity index (χ4n) is 1.60. The highest BCUT2D eigenvalue weighted by Crippen LogP contribution is 2.28. The van der Waals surface area contributed by atoms with E-state index in [-0.39, 0.29) is 5.69 Å². The number of ether oxygens (including phenoxy) is 2. The minimum absolute atomic E-state index is 0.128. The van der Waals surface area contributed by atoms with E-state index >= 15 is 0 Å². The number of methoxy groups -OCH3 is 2. The van der Waals surface area contributed by atoms with Gasteiger partial charge >= 0.3 is 5.97 Å². The number of aromatic carboxylic acids is 1. The van der Waals surface area contributed by atoms with Crippen molar-refractivity contribution in [2.24, 2.45) is 0 Å². The summed E-state index contributed by atoms with van der Waals surface area (Å²) in [5.41, 5.74) is 0.730. The molecule has 0 unspecified atom stereocenters. The molecule has 0 fully saturated rings. The standard InChI is InChI=1S/C14H13NO5/c1-18-12-6-4-9(7-13(12)19-2)3-5-10-8-11(14(16)17)15-20-10/h3-8H,1-2H3,(H,16,17)/b5-3+. The van der Waals surface area contributed by atoms with Crippen LogP contribution < -0.4 is 9.47 Å². The molecule has 0 aliphatic heterocycles. The number of hydrogen-bond donors (Lipinski definition) is 1. The summed E-state index contributed by atoms with van der Waals surface area (Å²) in [7, 11) is 3.12. The number of nitrogens with zero attached hydrogens (tertiary/aromatic N) is 1. The molecule has 1 N–H and O–H groups in total. The largest absolute Gasteiger partial charge is 0.493 e. The fourth-order valence-corrected chi connectivity index (χ4v) is 1.60. The monoisotopic (exact) mass is 275 g/mol. The molecule has 6 heteroatoms. The number of benzene rings is 1. The molecular weight excluding hydrogens is 262 g/mol. The highest BCUT2D eigenvalue weighted by atomic mass is 16.5. The van der Waals surface area contributed by atoms with Crippen LogP contribution >= 0.6 is 0 Å². The maximum absolute atomic E-state index is 10.7. The van der Waals surface area contributed by atoms with Gasteiger partial charge in [-0.15, -0.1) is 0 Å². The van der Waals surface area contributed by atoms with Crippen LogP contribution in [0.25, 0.3) is 12.2 Å². The zero-order valence-electron chi connectivity index (χ0n) is 11.0. The molecular formula is C14H13NO5. The van der Waals surface area contributed by atoms with Crippen LogP contribution in [0.2, 0.25) is 0 Å². The summed E-state index contributed by atoms with van der Waals surface area (Å²) in [5.74, 6) is 0.479. The molecule has 2 aromatic rings. The number of carbonyl (C=O) groups is 1. The average Bonchev–Trinajstić information content (AvgIpc) is 2.94. The van der Waals surface area contributed by atoms with E-state index in [9.17, 15) is 4.79 Å². The minimum Gasteiger partial charge on any atom is -0.493 e. The summed E-state index contributed by atoms with van der Waals surface area (Å²) in [6, 6.07) is 6.76. The molecule has 0 saturated heterocycles. The quantitative estimate of drug-likeness (QED) is 0.903. The molecule has 1 aromatic carbocycles. The molecule has 1 heterocycles. The van der Waals surface area contributed by atoms with Gasteiger partial charge in [0.2, 0.25) is 0 Å². The molecule has 0 radical (unpaired) electrons. The number of rotatable bonds is 5. The third kappa shape index (κ3) is 2.97. The first-order valence-corrected chi connectivity index (χ1v) is 5.74. The number of aromatic nitrogens is 1. The van der Waals surface area contributed by atoms with Crippen molar-refractivity contribution in [2.45, 2.75) is 0 Å². The molecule has 0 aliphatic rings. The Bertz CT molecular complexity index is 645. The fraction of sp³-hybridized carbons (Fsp3) is 0.143. The first-order chi connectivity index (χ1) is 9.63. The van der Waals surface area contributed by atoms with Crippen molar-refractivity contribution in [3.8, 4) is 11.5 Å². The lowest BCUT2D eigenvalue weighted by Gasteiger charge is -2.07. The van der Waals surface area contributed by atoms with Crippen molar-refractivity contribution in [3.63, 3.8) is 0 Å². The molecule has 0 amide bonds. The third-order valence-electron chi connectivity index (χ3n) is 2.60. The predicted molar refractivity (Wildman–Crippen MR) is 71.9 cm³/mol.